The van der Waals surface area contributed by atoms with E-state index in [0.29, 0.717) is 23.2 Å². The lowest BCUT2D eigenvalue weighted by Gasteiger charge is -2.13. The summed E-state index contributed by atoms with van der Waals surface area (Å²) >= 11 is 0. The number of imidazole rings is 1. The van der Waals surface area contributed by atoms with Crippen LogP contribution in [-0.2, 0) is 0 Å². The number of hydrogen-bond donors (Lipinski definition) is 2. The molecule has 2 aromatic rings. The van der Waals surface area contributed by atoms with E-state index in [1.807, 2.05) is 13.0 Å². The number of ether oxygens (including phenoxy) is 3. The van der Waals surface area contributed by atoms with Gasteiger partial charge in [0.2, 0.25) is 0 Å². The second-order valence-electron chi connectivity index (χ2n) is 4.00. The van der Waals surface area contributed by atoms with Crippen molar-refractivity contribution in [1.82, 2.24) is 9.97 Å². The van der Waals surface area contributed by atoms with Gasteiger partial charge in [0.25, 0.3) is 0 Å². The Balaban J connectivity index is 2.64. The summed E-state index contributed by atoms with van der Waals surface area (Å²) in [5.74, 6) is 2.22. The predicted molar refractivity (Wildman–Crippen MR) is 72.8 cm³/mol. The normalized spacial score (nSPS) is 10.3. The highest BCUT2D eigenvalue weighted by Crippen LogP contribution is 2.40. The maximum absolute atomic E-state index is 5.67. The highest BCUT2D eigenvalue weighted by molar-refractivity contribution is 5.74. The van der Waals surface area contributed by atoms with Crippen molar-refractivity contribution in [2.24, 2.45) is 0 Å². The molecule has 0 amide bonds. The topological polar surface area (TPSA) is 82.4 Å². The molecule has 3 N–H and O–H groups in total. The van der Waals surface area contributed by atoms with Gasteiger partial charge in [0.15, 0.2) is 17.4 Å². The number of anilines is 1. The molecule has 0 aliphatic carbocycles. The van der Waals surface area contributed by atoms with Crippen molar-refractivity contribution in [3.8, 4) is 28.5 Å². The second-order valence-corrected chi connectivity index (χ2v) is 4.00. The van der Waals surface area contributed by atoms with Crippen LogP contribution in [0.5, 0.6) is 17.2 Å². The van der Waals surface area contributed by atoms with Crippen LogP contribution in [0.2, 0.25) is 0 Å². The van der Waals surface area contributed by atoms with Crippen LogP contribution in [0.25, 0.3) is 11.3 Å². The number of nitrogen functional groups attached to an aromatic ring is 1. The molecule has 0 fully saturated rings. The molecule has 0 saturated carbocycles. The van der Waals surface area contributed by atoms with Crippen LogP contribution >= 0.6 is 0 Å². The second kappa shape index (κ2) is 5.09. The van der Waals surface area contributed by atoms with Gasteiger partial charge in [-0.05, 0) is 13.0 Å². The summed E-state index contributed by atoms with van der Waals surface area (Å²) in [4.78, 5) is 7.23. The van der Waals surface area contributed by atoms with E-state index in [1.54, 1.807) is 27.4 Å². The third-order valence-corrected chi connectivity index (χ3v) is 2.86. The highest BCUT2D eigenvalue weighted by atomic mass is 16.5. The van der Waals surface area contributed by atoms with Crippen molar-refractivity contribution in [3.63, 3.8) is 0 Å². The van der Waals surface area contributed by atoms with Crippen LogP contribution in [0, 0.1) is 6.92 Å². The number of rotatable bonds is 4. The third kappa shape index (κ3) is 2.29. The number of aromatic amines is 1. The van der Waals surface area contributed by atoms with Crippen LogP contribution in [0.15, 0.2) is 12.1 Å². The van der Waals surface area contributed by atoms with E-state index in [1.165, 1.54) is 0 Å². The lowest BCUT2D eigenvalue weighted by molar-refractivity contribution is 0.349. The Morgan fingerprint density at radius 2 is 1.58 bits per heavy atom. The Hall–Kier alpha value is -2.37. The van der Waals surface area contributed by atoms with E-state index >= 15 is 0 Å². The molecule has 6 nitrogen and oxygen atoms in total. The van der Waals surface area contributed by atoms with Gasteiger partial charge in [0.1, 0.15) is 5.75 Å². The minimum atomic E-state index is 0.365. The van der Waals surface area contributed by atoms with Crippen molar-refractivity contribution >= 4 is 5.95 Å². The van der Waals surface area contributed by atoms with E-state index < -0.39 is 0 Å². The lowest BCUT2D eigenvalue weighted by Crippen LogP contribution is -1.95. The first-order valence-corrected chi connectivity index (χ1v) is 5.73. The average Bonchev–Trinajstić information content (AvgIpc) is 2.75. The maximum Gasteiger partial charge on any atom is 0.198 e. The molecule has 6 heteroatoms. The number of hydrogen-bond acceptors (Lipinski definition) is 5. The highest BCUT2D eigenvalue weighted by Gasteiger charge is 2.17. The molecule has 1 heterocycles. The summed E-state index contributed by atoms with van der Waals surface area (Å²) in [5.41, 5.74) is 8.06. The monoisotopic (exact) mass is 263 g/mol. The molecule has 0 aliphatic heterocycles. The molecule has 0 aliphatic rings. The zero-order valence-electron chi connectivity index (χ0n) is 11.4. The zero-order chi connectivity index (χ0) is 14.0. The smallest absolute Gasteiger partial charge is 0.198 e. The van der Waals surface area contributed by atoms with E-state index in [-0.39, 0.29) is 0 Å². The molecule has 0 bridgehead atoms. The fraction of sp³-hybridized carbons (Fsp3) is 0.308. The Labute approximate surface area is 111 Å². The summed E-state index contributed by atoms with van der Waals surface area (Å²) in [6, 6.07) is 3.58. The Bertz CT molecular complexity index is 593. The largest absolute Gasteiger partial charge is 0.496 e. The average molecular weight is 263 g/mol. The number of nitrogens with two attached hydrogens (primary N) is 1. The van der Waals surface area contributed by atoms with E-state index in [9.17, 15) is 0 Å². The fourth-order valence-corrected chi connectivity index (χ4v) is 1.96. The molecule has 0 unspecified atom stereocenters. The number of methoxy groups -OCH3 is 3. The van der Waals surface area contributed by atoms with Crippen molar-refractivity contribution in [1.29, 1.82) is 0 Å². The van der Waals surface area contributed by atoms with E-state index in [4.69, 9.17) is 19.9 Å². The quantitative estimate of drug-likeness (QED) is 0.881. The van der Waals surface area contributed by atoms with Crippen molar-refractivity contribution < 1.29 is 14.2 Å². The third-order valence-electron chi connectivity index (χ3n) is 2.86. The van der Waals surface area contributed by atoms with Gasteiger partial charge in [0.05, 0.1) is 27.0 Å². The number of H-pyrrole nitrogens is 1. The van der Waals surface area contributed by atoms with Crippen molar-refractivity contribution in [2.75, 3.05) is 27.1 Å². The number of nitrogens with zero attached hydrogens (tertiary/aromatic N) is 1. The van der Waals surface area contributed by atoms with Crippen LogP contribution in [0.1, 0.15) is 5.69 Å². The summed E-state index contributed by atoms with van der Waals surface area (Å²) < 4.78 is 15.9. The number of nitrogens with one attached hydrogen (secondary N) is 1. The first kappa shape index (κ1) is 13.1. The van der Waals surface area contributed by atoms with Crippen LogP contribution in [-0.4, -0.2) is 31.3 Å². The Morgan fingerprint density at radius 3 is 2.05 bits per heavy atom. The molecule has 0 atom stereocenters. The Morgan fingerprint density at radius 1 is 1.00 bits per heavy atom. The van der Waals surface area contributed by atoms with Gasteiger partial charge in [-0.15, -0.1) is 0 Å². The van der Waals surface area contributed by atoms with Crippen LogP contribution in [0.4, 0.5) is 5.95 Å². The number of aryl methyl sites for hydroxylation is 1. The van der Waals surface area contributed by atoms with Gasteiger partial charge in [-0.25, -0.2) is 4.98 Å². The molecular weight excluding hydrogens is 246 g/mol. The molecule has 0 saturated heterocycles. The SMILES string of the molecule is COc1cc(OC)c(-c2nc(N)[nH]c2C)cc1OC. The van der Waals surface area contributed by atoms with E-state index in [2.05, 4.69) is 9.97 Å². The Kier molecular flexibility index (Phi) is 3.50. The maximum atomic E-state index is 5.67. The lowest BCUT2D eigenvalue weighted by atomic mass is 10.1. The number of benzene rings is 1. The molecule has 102 valence electrons. The van der Waals surface area contributed by atoms with E-state index in [0.717, 1.165) is 17.0 Å². The fourth-order valence-electron chi connectivity index (χ4n) is 1.96. The standard InChI is InChI=1S/C13H17N3O3/c1-7-12(16-13(14)15-7)8-5-10(18-3)11(19-4)6-9(8)17-2/h5-6H,1-4H3,(H3,14,15,16). The predicted octanol–water partition coefficient (Wildman–Crippen LogP) is 1.99. The first-order chi connectivity index (χ1) is 9.10. The summed E-state index contributed by atoms with van der Waals surface area (Å²) in [5, 5.41) is 0. The summed E-state index contributed by atoms with van der Waals surface area (Å²) in [6.45, 7) is 1.90. The van der Waals surface area contributed by atoms with Crippen LogP contribution < -0.4 is 19.9 Å². The molecule has 1 aromatic carbocycles. The van der Waals surface area contributed by atoms with Gasteiger partial charge >= 0.3 is 0 Å². The van der Waals surface area contributed by atoms with Gasteiger partial charge in [-0.3, -0.25) is 0 Å². The minimum absolute atomic E-state index is 0.365. The summed E-state index contributed by atoms with van der Waals surface area (Å²) in [7, 11) is 4.75. The first-order valence-electron chi connectivity index (χ1n) is 5.73. The molecule has 2 rings (SSSR count). The molecule has 19 heavy (non-hydrogen) atoms. The van der Waals surface area contributed by atoms with Gasteiger partial charge < -0.3 is 24.9 Å². The molecule has 0 spiro atoms. The minimum Gasteiger partial charge on any atom is -0.496 e. The van der Waals surface area contributed by atoms with Crippen LogP contribution in [0.3, 0.4) is 0 Å². The summed E-state index contributed by atoms with van der Waals surface area (Å²) in [6.07, 6.45) is 0. The van der Waals surface area contributed by atoms with Crippen molar-refractivity contribution in [3.05, 3.63) is 17.8 Å². The molecule has 1 aromatic heterocycles. The van der Waals surface area contributed by atoms with Gasteiger partial charge in [-0.2, -0.15) is 0 Å². The molecular formula is C13H17N3O3. The van der Waals surface area contributed by atoms with Gasteiger partial charge in [-0.1, -0.05) is 0 Å². The van der Waals surface area contributed by atoms with Gasteiger partial charge in [0, 0.05) is 17.3 Å². The van der Waals surface area contributed by atoms with Crippen molar-refractivity contribution in [2.45, 2.75) is 6.92 Å². The number of aromatic nitrogens is 2. The molecule has 0 radical (unpaired) electrons. The zero-order valence-corrected chi connectivity index (χ0v) is 11.4.